The summed E-state index contributed by atoms with van der Waals surface area (Å²) >= 11 is 0. The number of ether oxygens (including phenoxy) is 2. The molecule has 2 atom stereocenters. The number of nitrogens with one attached hydrogen (secondary N) is 1. The number of aromatic nitrogens is 4. The second-order valence-corrected chi connectivity index (χ2v) is 6.08. The summed E-state index contributed by atoms with van der Waals surface area (Å²) in [6.45, 7) is 1.04. The number of nitrogens with zero attached hydrogens (tertiary/aromatic N) is 4. The third-order valence-corrected chi connectivity index (χ3v) is 4.16. The summed E-state index contributed by atoms with van der Waals surface area (Å²) in [5, 5.41) is 11.6. The lowest BCUT2D eigenvalue weighted by atomic mass is 10.1. The first-order chi connectivity index (χ1) is 12.8. The van der Waals surface area contributed by atoms with Gasteiger partial charge in [0, 0.05) is 18.7 Å². The molecule has 1 aromatic carbocycles. The van der Waals surface area contributed by atoms with Crippen LogP contribution in [0.5, 0.6) is 5.88 Å². The van der Waals surface area contributed by atoms with Crippen LogP contribution in [0.3, 0.4) is 0 Å². The number of pyridine rings is 1. The monoisotopic (exact) mass is 353 g/mol. The summed E-state index contributed by atoms with van der Waals surface area (Å²) in [7, 11) is 0. The predicted octanol–water partition coefficient (Wildman–Crippen LogP) is 1.18. The summed E-state index contributed by atoms with van der Waals surface area (Å²) < 4.78 is 11.4. The molecule has 2 aromatic heterocycles. The van der Waals surface area contributed by atoms with Crippen LogP contribution in [0.2, 0.25) is 0 Å². The zero-order valence-corrected chi connectivity index (χ0v) is 14.1. The molecule has 1 aliphatic rings. The van der Waals surface area contributed by atoms with Gasteiger partial charge in [0.15, 0.2) is 0 Å². The lowest BCUT2D eigenvalue weighted by Gasteiger charge is -2.31. The standard InChI is InChI=1S/C18H19N5O3/c24-17(11-23-21-13-5-1-2-6-14(13)22-23)20-15-12-25-10-8-16(15)26-18-7-3-4-9-19-18/h1-7,9,15-16H,8,10-12H2,(H,20,24)/t15-,16-/m1/s1. The van der Waals surface area contributed by atoms with Gasteiger partial charge < -0.3 is 14.8 Å². The molecule has 0 unspecified atom stereocenters. The fraction of sp³-hybridized carbons (Fsp3) is 0.333. The molecule has 0 bridgehead atoms. The van der Waals surface area contributed by atoms with E-state index in [-0.39, 0.29) is 24.6 Å². The van der Waals surface area contributed by atoms with Gasteiger partial charge in [-0.25, -0.2) is 4.98 Å². The van der Waals surface area contributed by atoms with Crippen LogP contribution in [0.1, 0.15) is 6.42 Å². The van der Waals surface area contributed by atoms with E-state index in [1.165, 1.54) is 4.80 Å². The lowest BCUT2D eigenvalue weighted by molar-refractivity contribution is -0.125. The fourth-order valence-corrected chi connectivity index (χ4v) is 2.92. The van der Waals surface area contributed by atoms with Gasteiger partial charge in [-0.2, -0.15) is 15.0 Å². The minimum atomic E-state index is -0.247. The molecule has 3 aromatic rings. The van der Waals surface area contributed by atoms with E-state index in [0.29, 0.717) is 25.5 Å². The summed E-state index contributed by atoms with van der Waals surface area (Å²) in [6, 6.07) is 12.8. The van der Waals surface area contributed by atoms with Crippen molar-refractivity contribution in [2.24, 2.45) is 0 Å². The Balaban J connectivity index is 1.39. The number of fused-ring (bicyclic) bond motifs is 1. The summed E-state index contributed by atoms with van der Waals surface area (Å²) in [5.41, 5.74) is 1.52. The zero-order chi connectivity index (χ0) is 17.8. The minimum Gasteiger partial charge on any atom is -0.472 e. The van der Waals surface area contributed by atoms with Gasteiger partial charge in [0.1, 0.15) is 23.7 Å². The Labute approximate surface area is 150 Å². The molecule has 1 N–H and O–H groups in total. The van der Waals surface area contributed by atoms with E-state index in [4.69, 9.17) is 9.47 Å². The molecule has 1 aliphatic heterocycles. The van der Waals surface area contributed by atoms with Crippen molar-refractivity contribution in [2.75, 3.05) is 13.2 Å². The van der Waals surface area contributed by atoms with E-state index in [0.717, 1.165) is 11.0 Å². The van der Waals surface area contributed by atoms with E-state index in [2.05, 4.69) is 20.5 Å². The lowest BCUT2D eigenvalue weighted by Crippen LogP contribution is -2.52. The average Bonchev–Trinajstić information content (AvgIpc) is 3.06. The van der Waals surface area contributed by atoms with E-state index < -0.39 is 0 Å². The first-order valence-corrected chi connectivity index (χ1v) is 8.52. The Morgan fingerprint density at radius 2 is 1.96 bits per heavy atom. The maximum atomic E-state index is 12.4. The van der Waals surface area contributed by atoms with Gasteiger partial charge in [0.05, 0.1) is 19.3 Å². The number of hydrogen-bond acceptors (Lipinski definition) is 6. The molecule has 134 valence electrons. The minimum absolute atomic E-state index is 0.0431. The van der Waals surface area contributed by atoms with Gasteiger partial charge in [0.2, 0.25) is 11.8 Å². The molecule has 1 saturated heterocycles. The van der Waals surface area contributed by atoms with Crippen molar-refractivity contribution in [2.45, 2.75) is 25.1 Å². The van der Waals surface area contributed by atoms with Gasteiger partial charge in [-0.3, -0.25) is 4.79 Å². The normalized spacial score (nSPS) is 20.0. The Kier molecular flexibility index (Phi) is 4.74. The zero-order valence-electron chi connectivity index (χ0n) is 14.1. The Morgan fingerprint density at radius 1 is 1.19 bits per heavy atom. The molecule has 4 rings (SSSR count). The number of carbonyl (C=O) groups is 1. The molecule has 0 radical (unpaired) electrons. The van der Waals surface area contributed by atoms with E-state index in [1.807, 2.05) is 36.4 Å². The molecule has 0 saturated carbocycles. The number of amides is 1. The van der Waals surface area contributed by atoms with Gasteiger partial charge in [-0.15, -0.1) is 0 Å². The largest absolute Gasteiger partial charge is 0.472 e. The third kappa shape index (κ3) is 3.80. The van der Waals surface area contributed by atoms with Crippen LogP contribution in [0, 0.1) is 0 Å². The summed E-state index contributed by atoms with van der Waals surface area (Å²) in [6.07, 6.45) is 2.18. The van der Waals surface area contributed by atoms with Crippen molar-refractivity contribution in [3.8, 4) is 5.88 Å². The van der Waals surface area contributed by atoms with Crippen LogP contribution in [-0.2, 0) is 16.1 Å². The van der Waals surface area contributed by atoms with E-state index in [9.17, 15) is 4.79 Å². The first kappa shape index (κ1) is 16.5. The number of benzene rings is 1. The van der Waals surface area contributed by atoms with Crippen molar-refractivity contribution in [3.63, 3.8) is 0 Å². The predicted molar refractivity (Wildman–Crippen MR) is 93.5 cm³/mol. The Morgan fingerprint density at radius 3 is 2.69 bits per heavy atom. The summed E-state index contributed by atoms with van der Waals surface area (Å²) in [4.78, 5) is 18.0. The number of carbonyl (C=O) groups excluding carboxylic acids is 1. The van der Waals surface area contributed by atoms with Crippen LogP contribution in [0.15, 0.2) is 48.7 Å². The van der Waals surface area contributed by atoms with Crippen LogP contribution >= 0.6 is 0 Å². The SMILES string of the molecule is O=C(Cn1nc2ccccc2n1)N[C@@H]1COCC[C@H]1Oc1ccccn1. The molecule has 8 heteroatoms. The van der Waals surface area contributed by atoms with Crippen LogP contribution in [-0.4, -0.2) is 51.2 Å². The van der Waals surface area contributed by atoms with Gasteiger partial charge in [0.25, 0.3) is 0 Å². The van der Waals surface area contributed by atoms with E-state index in [1.54, 1.807) is 12.3 Å². The maximum Gasteiger partial charge on any atom is 0.244 e. The Bertz CT molecular complexity index is 850. The van der Waals surface area contributed by atoms with Crippen molar-refractivity contribution >= 4 is 16.9 Å². The molecular formula is C18H19N5O3. The van der Waals surface area contributed by atoms with Crippen molar-refractivity contribution in [1.29, 1.82) is 0 Å². The van der Waals surface area contributed by atoms with Crippen molar-refractivity contribution in [1.82, 2.24) is 25.3 Å². The van der Waals surface area contributed by atoms with Crippen LogP contribution < -0.4 is 10.1 Å². The highest BCUT2D eigenvalue weighted by Gasteiger charge is 2.29. The van der Waals surface area contributed by atoms with E-state index >= 15 is 0 Å². The fourth-order valence-electron chi connectivity index (χ4n) is 2.92. The Hall–Kier alpha value is -3.00. The van der Waals surface area contributed by atoms with Crippen molar-refractivity contribution in [3.05, 3.63) is 48.7 Å². The second-order valence-electron chi connectivity index (χ2n) is 6.08. The molecule has 0 aliphatic carbocycles. The molecule has 3 heterocycles. The number of hydrogen-bond donors (Lipinski definition) is 1. The molecule has 1 fully saturated rings. The van der Waals surface area contributed by atoms with Crippen molar-refractivity contribution < 1.29 is 14.3 Å². The van der Waals surface area contributed by atoms with Gasteiger partial charge in [-0.05, 0) is 18.2 Å². The van der Waals surface area contributed by atoms with Crippen LogP contribution in [0.4, 0.5) is 0 Å². The molecule has 1 amide bonds. The third-order valence-electron chi connectivity index (χ3n) is 4.16. The highest BCUT2D eigenvalue weighted by molar-refractivity contribution is 5.77. The van der Waals surface area contributed by atoms with Gasteiger partial charge in [-0.1, -0.05) is 18.2 Å². The smallest absolute Gasteiger partial charge is 0.244 e. The highest BCUT2D eigenvalue weighted by atomic mass is 16.5. The number of rotatable bonds is 5. The summed E-state index contributed by atoms with van der Waals surface area (Å²) in [5.74, 6) is 0.356. The highest BCUT2D eigenvalue weighted by Crippen LogP contribution is 2.16. The molecular weight excluding hydrogens is 334 g/mol. The van der Waals surface area contributed by atoms with Gasteiger partial charge >= 0.3 is 0 Å². The first-order valence-electron chi connectivity index (χ1n) is 8.52. The molecule has 26 heavy (non-hydrogen) atoms. The second kappa shape index (κ2) is 7.49. The molecule has 0 spiro atoms. The average molecular weight is 353 g/mol. The quantitative estimate of drug-likeness (QED) is 0.741. The maximum absolute atomic E-state index is 12.4. The topological polar surface area (TPSA) is 91.2 Å². The van der Waals surface area contributed by atoms with Crippen LogP contribution in [0.25, 0.3) is 11.0 Å². The molecule has 8 nitrogen and oxygen atoms in total.